The summed E-state index contributed by atoms with van der Waals surface area (Å²) in [4.78, 5) is -0.793. The van der Waals surface area contributed by atoms with Gasteiger partial charge in [0.1, 0.15) is 5.04 Å². The molecule has 0 fully saturated rings. The molecule has 0 N–H and O–H groups in total. The third-order valence-electron chi connectivity index (χ3n) is 7.15. The van der Waals surface area contributed by atoms with E-state index in [-0.39, 0.29) is 0 Å². The average Bonchev–Trinajstić information content (AvgIpc) is 3.40. The number of fused-ring (bicyclic) bond motifs is 2. The number of thioether (sulfide) groups is 1. The van der Waals surface area contributed by atoms with Crippen LogP contribution in [0.15, 0.2) is 148 Å². The van der Waals surface area contributed by atoms with E-state index in [4.69, 9.17) is 10.2 Å². The maximum absolute atomic E-state index is 5.45. The van der Waals surface area contributed by atoms with Gasteiger partial charge in [0.05, 0.1) is 17.1 Å². The topological polar surface area (TPSA) is 31.2 Å². The van der Waals surface area contributed by atoms with E-state index in [2.05, 4.69) is 154 Å². The van der Waals surface area contributed by atoms with E-state index in [0.717, 1.165) is 48.9 Å². The number of halogens is 1. The fourth-order valence-corrected chi connectivity index (χ4v) is 6.87. The van der Waals surface area contributed by atoms with Crippen molar-refractivity contribution in [2.75, 3.05) is 10.0 Å². The quantitative estimate of drug-likeness (QED) is 0.206. The Morgan fingerprint density at radius 3 is 1.80 bits per heavy atom. The summed E-state index contributed by atoms with van der Waals surface area (Å²) in [5.74, 6) is 0. The van der Waals surface area contributed by atoms with Crippen molar-refractivity contribution in [2.45, 2.75) is 11.9 Å². The van der Waals surface area contributed by atoms with Crippen LogP contribution in [0.5, 0.6) is 0 Å². The smallest absolute Gasteiger partial charge is 0.223 e. The van der Waals surface area contributed by atoms with E-state index < -0.39 is 4.99 Å². The predicted molar refractivity (Wildman–Crippen MR) is 171 cm³/mol. The molecule has 0 saturated heterocycles. The SMILES string of the molecule is Cc1ccc(C2=NN(c3ccccc3)[C@]3(S2)c2ccccc2C(c2ccc(Br)cc2)=NN3c2ccccc2)cc1. The third kappa shape index (κ3) is 4.15. The molecule has 1 atom stereocenters. The van der Waals surface area contributed by atoms with Crippen molar-refractivity contribution in [3.63, 3.8) is 0 Å². The summed E-state index contributed by atoms with van der Waals surface area (Å²) < 4.78 is 1.04. The Morgan fingerprint density at radius 2 is 1.15 bits per heavy atom. The summed E-state index contributed by atoms with van der Waals surface area (Å²) >= 11 is 5.32. The molecule has 5 aromatic carbocycles. The molecule has 0 aliphatic carbocycles. The van der Waals surface area contributed by atoms with Crippen LogP contribution in [0.3, 0.4) is 0 Å². The first-order valence-corrected chi connectivity index (χ1v) is 14.7. The minimum absolute atomic E-state index is 0.793. The zero-order valence-electron chi connectivity index (χ0n) is 21.8. The maximum Gasteiger partial charge on any atom is 0.234 e. The molecule has 0 unspecified atom stereocenters. The molecule has 0 saturated carbocycles. The minimum atomic E-state index is -0.793. The second-order valence-corrected chi connectivity index (χ2v) is 11.9. The van der Waals surface area contributed by atoms with E-state index in [1.807, 2.05) is 12.1 Å². The molecule has 6 heteroatoms. The highest BCUT2D eigenvalue weighted by Gasteiger charge is 2.55. The molecule has 194 valence electrons. The van der Waals surface area contributed by atoms with Gasteiger partial charge in [0.25, 0.3) is 0 Å². The van der Waals surface area contributed by atoms with E-state index in [9.17, 15) is 0 Å². The lowest BCUT2D eigenvalue weighted by Gasteiger charge is -2.47. The van der Waals surface area contributed by atoms with Crippen molar-refractivity contribution in [3.8, 4) is 0 Å². The Hall–Kier alpha value is -4.13. The number of rotatable bonds is 4. The Morgan fingerprint density at radius 1 is 0.600 bits per heavy atom. The van der Waals surface area contributed by atoms with Gasteiger partial charge in [-0.3, -0.25) is 0 Å². The van der Waals surface area contributed by atoms with Gasteiger partial charge in [-0.1, -0.05) is 119 Å². The van der Waals surface area contributed by atoms with Crippen molar-refractivity contribution < 1.29 is 0 Å². The standard InChI is InChI=1S/C34H25BrN4S/c1-24-16-18-26(19-17-24)33-37-39(29-12-6-3-7-13-29)34(40-33)31-15-9-8-14-30(31)32(25-20-22-27(35)23-21-25)36-38(34)28-10-4-2-5-11-28/h2-23H,1H3/t34-/m0/s1. The van der Waals surface area contributed by atoms with E-state index in [1.54, 1.807) is 11.8 Å². The van der Waals surface area contributed by atoms with Gasteiger partial charge in [-0.25, -0.2) is 10.0 Å². The Labute approximate surface area is 246 Å². The van der Waals surface area contributed by atoms with Crippen LogP contribution in [-0.4, -0.2) is 10.8 Å². The monoisotopic (exact) mass is 600 g/mol. The van der Waals surface area contributed by atoms with Crippen LogP contribution in [0.2, 0.25) is 0 Å². The average molecular weight is 602 g/mol. The van der Waals surface area contributed by atoms with E-state index in [0.29, 0.717) is 0 Å². The fraction of sp³-hybridized carbons (Fsp3) is 0.0588. The molecule has 7 rings (SSSR count). The zero-order valence-corrected chi connectivity index (χ0v) is 24.2. The van der Waals surface area contributed by atoms with Gasteiger partial charge in [-0.05, 0) is 55.1 Å². The highest BCUT2D eigenvalue weighted by Crippen LogP contribution is 2.55. The van der Waals surface area contributed by atoms with Gasteiger partial charge >= 0.3 is 0 Å². The number of hydrazone groups is 2. The fourth-order valence-electron chi connectivity index (χ4n) is 5.21. The molecule has 40 heavy (non-hydrogen) atoms. The largest absolute Gasteiger partial charge is 0.234 e. The summed E-state index contributed by atoms with van der Waals surface area (Å²) in [5, 5.41) is 16.0. The van der Waals surface area contributed by atoms with E-state index in [1.165, 1.54) is 5.56 Å². The molecule has 2 aliphatic rings. The highest BCUT2D eigenvalue weighted by atomic mass is 79.9. The molecular formula is C34H25BrN4S. The first-order chi connectivity index (χ1) is 19.6. The number of benzene rings is 5. The first-order valence-electron chi connectivity index (χ1n) is 13.1. The number of aryl methyl sites for hydroxylation is 1. The number of anilines is 2. The molecule has 0 aromatic heterocycles. The van der Waals surface area contributed by atoms with Gasteiger partial charge in [0.15, 0.2) is 0 Å². The van der Waals surface area contributed by atoms with Gasteiger partial charge in [0, 0.05) is 26.7 Å². The van der Waals surface area contributed by atoms with Gasteiger partial charge in [-0.2, -0.15) is 10.2 Å². The third-order valence-corrected chi connectivity index (χ3v) is 9.04. The molecule has 0 radical (unpaired) electrons. The highest BCUT2D eigenvalue weighted by molar-refractivity contribution is 9.10. The van der Waals surface area contributed by atoms with Crippen LogP contribution in [0.25, 0.3) is 0 Å². The summed E-state index contributed by atoms with van der Waals surface area (Å²) in [6.07, 6.45) is 0. The Balaban J connectivity index is 1.51. The van der Waals surface area contributed by atoms with Crippen molar-refractivity contribution in [2.24, 2.45) is 10.2 Å². The summed E-state index contributed by atoms with van der Waals surface area (Å²) in [6, 6.07) is 46.3. The normalized spacial score (nSPS) is 17.9. The van der Waals surface area contributed by atoms with Crippen molar-refractivity contribution in [1.82, 2.24) is 0 Å². The maximum atomic E-state index is 5.45. The molecule has 1 spiro atoms. The minimum Gasteiger partial charge on any atom is -0.223 e. The second kappa shape index (κ2) is 10.1. The van der Waals surface area contributed by atoms with Crippen LogP contribution in [0.1, 0.15) is 27.8 Å². The van der Waals surface area contributed by atoms with E-state index >= 15 is 0 Å². The van der Waals surface area contributed by atoms with Crippen LogP contribution < -0.4 is 10.0 Å². The van der Waals surface area contributed by atoms with Crippen LogP contribution >= 0.6 is 27.7 Å². The number of hydrogen-bond donors (Lipinski definition) is 0. The van der Waals surface area contributed by atoms with Crippen molar-refractivity contribution >= 4 is 49.8 Å². The Kier molecular flexibility index (Phi) is 6.29. The molecule has 0 amide bonds. The van der Waals surface area contributed by atoms with Gasteiger partial charge < -0.3 is 0 Å². The number of para-hydroxylation sites is 2. The zero-order chi connectivity index (χ0) is 27.1. The van der Waals surface area contributed by atoms with Crippen LogP contribution in [0, 0.1) is 6.92 Å². The molecule has 0 bridgehead atoms. The molecule has 2 heterocycles. The molecule has 5 aromatic rings. The molecule has 4 nitrogen and oxygen atoms in total. The first kappa shape index (κ1) is 24.9. The van der Waals surface area contributed by atoms with Gasteiger partial charge in [-0.15, -0.1) is 0 Å². The summed E-state index contributed by atoms with van der Waals surface area (Å²) in [6.45, 7) is 2.11. The van der Waals surface area contributed by atoms with Crippen molar-refractivity contribution in [3.05, 3.63) is 166 Å². The lowest BCUT2D eigenvalue weighted by molar-refractivity contribution is 0.550. The van der Waals surface area contributed by atoms with Crippen LogP contribution in [0.4, 0.5) is 11.4 Å². The van der Waals surface area contributed by atoms with Gasteiger partial charge in [0.2, 0.25) is 4.99 Å². The molecular weight excluding hydrogens is 576 g/mol. The number of nitrogens with zero attached hydrogens (tertiary/aromatic N) is 4. The summed E-state index contributed by atoms with van der Waals surface area (Å²) in [5.41, 5.74) is 8.49. The lowest BCUT2D eigenvalue weighted by Crippen LogP contribution is -2.54. The van der Waals surface area contributed by atoms with Crippen LogP contribution in [-0.2, 0) is 4.99 Å². The lowest BCUT2D eigenvalue weighted by atomic mass is 9.93. The number of hydrogen-bond acceptors (Lipinski definition) is 5. The Bertz CT molecular complexity index is 1740. The van der Waals surface area contributed by atoms with Crippen molar-refractivity contribution in [1.29, 1.82) is 0 Å². The summed E-state index contributed by atoms with van der Waals surface area (Å²) in [7, 11) is 0. The molecule has 2 aliphatic heterocycles. The second-order valence-electron chi connectivity index (χ2n) is 9.78. The predicted octanol–water partition coefficient (Wildman–Crippen LogP) is 8.76.